The summed E-state index contributed by atoms with van der Waals surface area (Å²) < 4.78 is 0. The minimum atomic E-state index is -0.766. The number of piperazine rings is 1. The van der Waals surface area contributed by atoms with Crippen molar-refractivity contribution in [3.8, 4) is 0 Å². The van der Waals surface area contributed by atoms with Crippen LogP contribution < -0.4 is 5.32 Å². The van der Waals surface area contributed by atoms with E-state index in [1.807, 2.05) is 4.90 Å². The van der Waals surface area contributed by atoms with Gasteiger partial charge in [0.25, 0.3) is 0 Å². The lowest BCUT2D eigenvalue weighted by Crippen LogP contribution is -2.52. The van der Waals surface area contributed by atoms with Crippen LogP contribution in [0.5, 0.6) is 0 Å². The Balaban J connectivity index is 1.63. The smallest absolute Gasteiger partial charge is 0.317 e. The van der Waals surface area contributed by atoms with Gasteiger partial charge in [0.2, 0.25) is 0 Å². The number of hydrogen-bond donors (Lipinski definition) is 2. The van der Waals surface area contributed by atoms with Crippen LogP contribution in [0.1, 0.15) is 26.7 Å². The molecule has 1 saturated heterocycles. The van der Waals surface area contributed by atoms with Gasteiger partial charge >= 0.3 is 12.0 Å². The zero-order valence-corrected chi connectivity index (χ0v) is 12.4. The van der Waals surface area contributed by atoms with Gasteiger partial charge in [0, 0.05) is 39.3 Å². The lowest BCUT2D eigenvalue weighted by Gasteiger charge is -2.34. The highest BCUT2D eigenvalue weighted by Gasteiger charge is 2.45. The summed E-state index contributed by atoms with van der Waals surface area (Å²) in [6.07, 6.45) is 1.36. The lowest BCUT2D eigenvalue weighted by atomic mass is 10.1. The summed E-state index contributed by atoms with van der Waals surface area (Å²) in [5.41, 5.74) is 0.392. The van der Waals surface area contributed by atoms with Gasteiger partial charge in [-0.2, -0.15) is 0 Å². The van der Waals surface area contributed by atoms with Crippen LogP contribution in [0.4, 0.5) is 4.79 Å². The normalized spacial score (nSPS) is 25.3. The second-order valence-corrected chi connectivity index (χ2v) is 6.55. The average molecular weight is 283 g/mol. The molecule has 1 aliphatic heterocycles. The third kappa shape index (κ3) is 4.10. The van der Waals surface area contributed by atoms with Gasteiger partial charge in [-0.15, -0.1) is 0 Å². The number of nitrogens with one attached hydrogen (secondary N) is 1. The molecule has 1 unspecified atom stereocenters. The molecule has 6 heteroatoms. The summed E-state index contributed by atoms with van der Waals surface area (Å²) in [5, 5.41) is 11.7. The van der Waals surface area contributed by atoms with Crippen molar-refractivity contribution in [2.24, 2.45) is 11.3 Å². The molecule has 2 fully saturated rings. The standard InChI is InChI=1S/C14H25N3O3/c1-14(2)9-11(14)10-15-13(20)17-7-5-16(6-8-17)4-3-12(18)19/h11H,3-10H2,1-2H3,(H,15,20)(H,18,19). The van der Waals surface area contributed by atoms with E-state index < -0.39 is 5.97 Å². The van der Waals surface area contributed by atoms with Crippen molar-refractivity contribution < 1.29 is 14.7 Å². The zero-order chi connectivity index (χ0) is 14.8. The van der Waals surface area contributed by atoms with E-state index in [-0.39, 0.29) is 12.5 Å². The third-order valence-corrected chi connectivity index (χ3v) is 4.52. The maximum absolute atomic E-state index is 12.0. The molecule has 114 valence electrons. The highest BCUT2D eigenvalue weighted by molar-refractivity contribution is 5.74. The number of carbonyl (C=O) groups is 2. The molecular formula is C14H25N3O3. The van der Waals surface area contributed by atoms with E-state index in [0.717, 1.165) is 19.6 Å². The predicted octanol–water partition coefficient (Wildman–Crippen LogP) is 0.834. The topological polar surface area (TPSA) is 72.9 Å². The molecular weight excluding hydrogens is 258 g/mol. The van der Waals surface area contributed by atoms with Gasteiger partial charge in [-0.05, 0) is 17.8 Å². The Hall–Kier alpha value is -1.30. The van der Waals surface area contributed by atoms with Gasteiger partial charge in [0.05, 0.1) is 6.42 Å². The second-order valence-electron chi connectivity index (χ2n) is 6.55. The number of carboxylic acids is 1. The van der Waals surface area contributed by atoms with Crippen molar-refractivity contribution in [2.45, 2.75) is 26.7 Å². The summed E-state index contributed by atoms with van der Waals surface area (Å²) in [5.74, 6) is -0.152. The predicted molar refractivity (Wildman–Crippen MR) is 75.6 cm³/mol. The third-order valence-electron chi connectivity index (χ3n) is 4.52. The molecule has 1 aliphatic carbocycles. The van der Waals surface area contributed by atoms with E-state index in [0.29, 0.717) is 31.0 Å². The van der Waals surface area contributed by atoms with Crippen LogP contribution in [0.25, 0.3) is 0 Å². The number of carboxylic acid groups (broad SMARTS) is 1. The number of carbonyl (C=O) groups excluding carboxylic acids is 1. The Bertz CT molecular complexity index is 376. The highest BCUT2D eigenvalue weighted by Crippen LogP contribution is 2.50. The quantitative estimate of drug-likeness (QED) is 0.784. The fourth-order valence-corrected chi connectivity index (χ4v) is 2.68. The van der Waals surface area contributed by atoms with Gasteiger partial charge < -0.3 is 15.3 Å². The van der Waals surface area contributed by atoms with E-state index in [4.69, 9.17) is 5.11 Å². The van der Waals surface area contributed by atoms with Gasteiger partial charge in [0.15, 0.2) is 0 Å². The molecule has 0 aromatic heterocycles. The minimum absolute atomic E-state index is 0.0191. The number of hydrogen-bond acceptors (Lipinski definition) is 3. The Morgan fingerprint density at radius 2 is 1.85 bits per heavy atom. The maximum Gasteiger partial charge on any atom is 0.317 e. The van der Waals surface area contributed by atoms with Gasteiger partial charge in [-0.3, -0.25) is 9.69 Å². The Morgan fingerprint density at radius 3 is 2.35 bits per heavy atom. The van der Waals surface area contributed by atoms with Crippen LogP contribution in [-0.2, 0) is 4.79 Å². The van der Waals surface area contributed by atoms with E-state index >= 15 is 0 Å². The number of amides is 2. The monoisotopic (exact) mass is 283 g/mol. The van der Waals surface area contributed by atoms with Crippen molar-refractivity contribution in [3.63, 3.8) is 0 Å². The maximum atomic E-state index is 12.0. The molecule has 0 radical (unpaired) electrons. The summed E-state index contributed by atoms with van der Waals surface area (Å²) in [6, 6.07) is 0.0191. The van der Waals surface area contributed by atoms with Crippen molar-refractivity contribution in [3.05, 3.63) is 0 Å². The van der Waals surface area contributed by atoms with Crippen LogP contribution in [0.3, 0.4) is 0 Å². The van der Waals surface area contributed by atoms with Gasteiger partial charge in [-0.25, -0.2) is 4.79 Å². The first-order valence-corrected chi connectivity index (χ1v) is 7.35. The van der Waals surface area contributed by atoms with E-state index in [2.05, 4.69) is 24.1 Å². The largest absolute Gasteiger partial charge is 0.481 e. The van der Waals surface area contributed by atoms with Crippen LogP contribution in [0.2, 0.25) is 0 Å². The first-order chi connectivity index (χ1) is 9.38. The molecule has 2 amide bonds. The number of aliphatic carboxylic acids is 1. The summed E-state index contributed by atoms with van der Waals surface area (Å²) in [6.45, 7) is 8.67. The molecule has 0 bridgehead atoms. The second kappa shape index (κ2) is 5.99. The van der Waals surface area contributed by atoms with Crippen LogP contribution in [0.15, 0.2) is 0 Å². The zero-order valence-electron chi connectivity index (χ0n) is 12.4. The minimum Gasteiger partial charge on any atom is -0.481 e. The molecule has 0 aromatic rings. The number of nitrogens with zero attached hydrogens (tertiary/aromatic N) is 2. The molecule has 0 aromatic carbocycles. The molecule has 20 heavy (non-hydrogen) atoms. The Morgan fingerprint density at radius 1 is 1.25 bits per heavy atom. The van der Waals surface area contributed by atoms with Crippen molar-refractivity contribution in [2.75, 3.05) is 39.3 Å². The summed E-state index contributed by atoms with van der Waals surface area (Å²) >= 11 is 0. The lowest BCUT2D eigenvalue weighted by molar-refractivity contribution is -0.137. The molecule has 1 heterocycles. The molecule has 1 atom stereocenters. The SMILES string of the molecule is CC1(C)CC1CNC(=O)N1CCN(CCC(=O)O)CC1. The van der Waals surface area contributed by atoms with Gasteiger partial charge in [0.1, 0.15) is 0 Å². The Labute approximate surface area is 120 Å². The van der Waals surface area contributed by atoms with Crippen LogP contribution >= 0.6 is 0 Å². The average Bonchev–Trinajstić information content (AvgIpc) is 3.02. The summed E-state index contributed by atoms with van der Waals surface area (Å²) in [7, 11) is 0. The van der Waals surface area contributed by atoms with Crippen LogP contribution in [0, 0.1) is 11.3 Å². The van der Waals surface area contributed by atoms with E-state index in [9.17, 15) is 9.59 Å². The number of rotatable bonds is 5. The molecule has 2 rings (SSSR count). The first-order valence-electron chi connectivity index (χ1n) is 7.35. The fraction of sp³-hybridized carbons (Fsp3) is 0.857. The van der Waals surface area contributed by atoms with E-state index in [1.54, 1.807) is 0 Å². The van der Waals surface area contributed by atoms with Crippen molar-refractivity contribution in [1.29, 1.82) is 0 Å². The van der Waals surface area contributed by atoms with Crippen molar-refractivity contribution >= 4 is 12.0 Å². The Kier molecular flexibility index (Phi) is 4.52. The van der Waals surface area contributed by atoms with E-state index in [1.165, 1.54) is 6.42 Å². The molecule has 2 N–H and O–H groups in total. The summed E-state index contributed by atoms with van der Waals surface area (Å²) in [4.78, 5) is 26.5. The first kappa shape index (κ1) is 15.1. The molecule has 0 spiro atoms. The van der Waals surface area contributed by atoms with Gasteiger partial charge in [-0.1, -0.05) is 13.8 Å². The molecule has 2 aliphatic rings. The van der Waals surface area contributed by atoms with Crippen LogP contribution in [-0.4, -0.2) is 66.2 Å². The van der Waals surface area contributed by atoms with Crippen molar-refractivity contribution in [1.82, 2.24) is 15.1 Å². The molecule has 1 saturated carbocycles. The fourth-order valence-electron chi connectivity index (χ4n) is 2.68. The highest BCUT2D eigenvalue weighted by atomic mass is 16.4. The molecule has 6 nitrogen and oxygen atoms in total. The number of urea groups is 1.